The summed E-state index contributed by atoms with van der Waals surface area (Å²) in [6.07, 6.45) is 0.329. The molecule has 0 aliphatic carbocycles. The zero-order valence-electron chi connectivity index (χ0n) is 9.81. The Morgan fingerprint density at radius 3 is 2.67 bits per heavy atom. The van der Waals surface area contributed by atoms with E-state index in [-0.39, 0.29) is 17.9 Å². The highest BCUT2D eigenvalue weighted by Crippen LogP contribution is 2.21. The number of amides is 1. The molecule has 1 aromatic carbocycles. The molecule has 3 N–H and O–H groups in total. The van der Waals surface area contributed by atoms with E-state index in [4.69, 9.17) is 16.7 Å². The van der Waals surface area contributed by atoms with Crippen LogP contribution in [0.2, 0.25) is 5.02 Å². The molecule has 0 heterocycles. The molecule has 6 heteroatoms. The number of hydrogen-bond donors (Lipinski definition) is 3. The minimum Gasteiger partial charge on any atom is -0.507 e. The summed E-state index contributed by atoms with van der Waals surface area (Å²) < 4.78 is 0. The molecule has 0 spiro atoms. The number of hydrogen-bond acceptors (Lipinski definition) is 3. The van der Waals surface area contributed by atoms with Gasteiger partial charge >= 0.3 is 5.97 Å². The van der Waals surface area contributed by atoms with Crippen molar-refractivity contribution in [3.05, 3.63) is 28.8 Å². The Morgan fingerprint density at radius 2 is 2.11 bits per heavy atom. The second kappa shape index (κ2) is 6.26. The average Bonchev–Trinajstić information content (AvgIpc) is 2.28. The van der Waals surface area contributed by atoms with Crippen LogP contribution in [0.15, 0.2) is 18.2 Å². The number of halogens is 1. The number of carbonyl (C=O) groups is 2. The summed E-state index contributed by atoms with van der Waals surface area (Å²) in [6.45, 7) is 1.79. The predicted octanol–water partition coefficient (Wildman–Crippen LogP) is 1.89. The van der Waals surface area contributed by atoms with Crippen molar-refractivity contribution >= 4 is 23.5 Å². The minimum atomic E-state index is -0.904. The maximum atomic E-state index is 11.7. The van der Waals surface area contributed by atoms with E-state index in [2.05, 4.69) is 5.32 Å². The van der Waals surface area contributed by atoms with Crippen molar-refractivity contribution in [1.29, 1.82) is 0 Å². The van der Waals surface area contributed by atoms with Gasteiger partial charge in [0, 0.05) is 11.6 Å². The number of nitrogens with one attached hydrogen (secondary N) is 1. The number of aliphatic carboxylic acids is 1. The Balaban J connectivity index is 2.53. The van der Waals surface area contributed by atoms with Crippen LogP contribution in [0.4, 0.5) is 0 Å². The quantitative estimate of drug-likeness (QED) is 0.763. The number of phenolic OH excluding ortho intramolecular Hbond substituents is 1. The summed E-state index contributed by atoms with van der Waals surface area (Å²) in [5, 5.41) is 21.1. The fourth-order valence-electron chi connectivity index (χ4n) is 1.32. The van der Waals surface area contributed by atoms with Gasteiger partial charge in [0.15, 0.2) is 0 Å². The summed E-state index contributed by atoms with van der Waals surface area (Å²) in [6, 6.07) is 4.18. The van der Waals surface area contributed by atoms with Crippen LogP contribution in [-0.2, 0) is 4.79 Å². The van der Waals surface area contributed by atoms with Gasteiger partial charge in [-0.25, -0.2) is 0 Å². The normalized spacial score (nSPS) is 11.9. The Bertz CT molecular complexity index is 461. The Kier molecular flexibility index (Phi) is 4.97. The molecule has 0 fully saturated rings. The summed E-state index contributed by atoms with van der Waals surface area (Å²) >= 11 is 5.65. The Hall–Kier alpha value is -1.75. The first kappa shape index (κ1) is 14.3. The Morgan fingerprint density at radius 1 is 1.44 bits per heavy atom. The molecule has 0 saturated heterocycles. The van der Waals surface area contributed by atoms with Gasteiger partial charge in [-0.3, -0.25) is 9.59 Å². The summed E-state index contributed by atoms with van der Waals surface area (Å²) in [5.41, 5.74) is 0.113. The van der Waals surface area contributed by atoms with Crippen LogP contribution in [-0.4, -0.2) is 28.6 Å². The van der Waals surface area contributed by atoms with Crippen molar-refractivity contribution in [2.75, 3.05) is 6.54 Å². The third-order valence-electron chi connectivity index (χ3n) is 2.49. The molecule has 5 nitrogen and oxygen atoms in total. The maximum absolute atomic E-state index is 11.7. The molecule has 18 heavy (non-hydrogen) atoms. The lowest BCUT2D eigenvalue weighted by atomic mass is 10.1. The van der Waals surface area contributed by atoms with E-state index in [9.17, 15) is 14.7 Å². The monoisotopic (exact) mass is 271 g/mol. The first-order chi connectivity index (χ1) is 8.41. The highest BCUT2D eigenvalue weighted by atomic mass is 35.5. The van der Waals surface area contributed by atoms with Gasteiger partial charge in [-0.1, -0.05) is 18.5 Å². The van der Waals surface area contributed by atoms with Crippen LogP contribution in [0.5, 0.6) is 5.75 Å². The molecule has 98 valence electrons. The fraction of sp³-hybridized carbons (Fsp3) is 0.333. The molecule has 0 aliphatic rings. The van der Waals surface area contributed by atoms with Crippen LogP contribution in [0, 0.1) is 5.92 Å². The Labute approximate surface area is 109 Å². The standard InChI is InChI=1S/C12H14ClNO4/c1-7(12(17)18)4-5-14-11(16)9-3-2-8(13)6-10(9)15/h2-3,6-7,15H,4-5H2,1H3,(H,14,16)(H,17,18). The van der Waals surface area contributed by atoms with E-state index < -0.39 is 17.8 Å². The highest BCUT2D eigenvalue weighted by Gasteiger charge is 2.13. The van der Waals surface area contributed by atoms with Crippen molar-refractivity contribution in [3.63, 3.8) is 0 Å². The topological polar surface area (TPSA) is 86.6 Å². The lowest BCUT2D eigenvalue weighted by Crippen LogP contribution is -2.27. The van der Waals surface area contributed by atoms with Crippen molar-refractivity contribution in [2.45, 2.75) is 13.3 Å². The van der Waals surface area contributed by atoms with Gasteiger partial charge in [0.2, 0.25) is 0 Å². The number of rotatable bonds is 5. The molecule has 0 saturated carbocycles. The van der Waals surface area contributed by atoms with E-state index in [1.807, 2.05) is 0 Å². The molecule has 0 aromatic heterocycles. The molecular formula is C12H14ClNO4. The number of benzene rings is 1. The lowest BCUT2D eigenvalue weighted by Gasteiger charge is -2.09. The van der Waals surface area contributed by atoms with Gasteiger partial charge in [-0.2, -0.15) is 0 Å². The smallest absolute Gasteiger partial charge is 0.306 e. The largest absolute Gasteiger partial charge is 0.507 e. The van der Waals surface area contributed by atoms with E-state index >= 15 is 0 Å². The van der Waals surface area contributed by atoms with Crippen molar-refractivity contribution in [2.24, 2.45) is 5.92 Å². The van der Waals surface area contributed by atoms with Crippen molar-refractivity contribution in [1.82, 2.24) is 5.32 Å². The van der Waals surface area contributed by atoms with Gasteiger partial charge < -0.3 is 15.5 Å². The predicted molar refractivity (Wildman–Crippen MR) is 66.9 cm³/mol. The van der Waals surface area contributed by atoms with Crippen molar-refractivity contribution in [3.8, 4) is 5.75 Å². The number of carboxylic acid groups (broad SMARTS) is 1. The van der Waals surface area contributed by atoms with Crippen LogP contribution >= 0.6 is 11.6 Å². The molecule has 1 atom stereocenters. The third-order valence-corrected chi connectivity index (χ3v) is 2.72. The van der Waals surface area contributed by atoms with Crippen LogP contribution in [0.3, 0.4) is 0 Å². The fourth-order valence-corrected chi connectivity index (χ4v) is 1.48. The molecule has 0 bridgehead atoms. The second-order valence-electron chi connectivity index (χ2n) is 3.95. The number of phenols is 1. The first-order valence-corrected chi connectivity index (χ1v) is 5.79. The molecule has 1 amide bonds. The number of aromatic hydroxyl groups is 1. The second-order valence-corrected chi connectivity index (χ2v) is 4.38. The van der Waals surface area contributed by atoms with Crippen LogP contribution < -0.4 is 5.32 Å². The SMILES string of the molecule is CC(CCNC(=O)c1ccc(Cl)cc1O)C(=O)O. The minimum absolute atomic E-state index is 0.113. The summed E-state index contributed by atoms with van der Waals surface area (Å²) in [7, 11) is 0. The van der Waals surface area contributed by atoms with Crippen LogP contribution in [0.1, 0.15) is 23.7 Å². The van der Waals surface area contributed by atoms with Gasteiger partial charge in [0.05, 0.1) is 11.5 Å². The molecule has 0 radical (unpaired) electrons. The average molecular weight is 272 g/mol. The maximum Gasteiger partial charge on any atom is 0.306 e. The van der Waals surface area contributed by atoms with E-state index in [0.717, 1.165) is 0 Å². The van der Waals surface area contributed by atoms with Crippen molar-refractivity contribution < 1.29 is 19.8 Å². The van der Waals surface area contributed by atoms with E-state index in [0.29, 0.717) is 11.4 Å². The first-order valence-electron chi connectivity index (χ1n) is 5.41. The molecule has 1 rings (SSSR count). The molecule has 1 unspecified atom stereocenters. The van der Waals surface area contributed by atoms with Gasteiger partial charge in [-0.15, -0.1) is 0 Å². The van der Waals surface area contributed by atoms with E-state index in [1.54, 1.807) is 6.92 Å². The molecule has 1 aromatic rings. The highest BCUT2D eigenvalue weighted by molar-refractivity contribution is 6.30. The van der Waals surface area contributed by atoms with Gasteiger partial charge in [0.1, 0.15) is 5.75 Å². The van der Waals surface area contributed by atoms with Gasteiger partial charge in [0.25, 0.3) is 5.91 Å². The zero-order valence-corrected chi connectivity index (χ0v) is 10.6. The van der Waals surface area contributed by atoms with Gasteiger partial charge in [-0.05, 0) is 24.6 Å². The number of carbonyl (C=O) groups excluding carboxylic acids is 1. The third kappa shape index (κ3) is 3.92. The lowest BCUT2D eigenvalue weighted by molar-refractivity contribution is -0.141. The molecule has 0 aliphatic heterocycles. The molecular weight excluding hydrogens is 258 g/mol. The van der Waals surface area contributed by atoms with Crippen LogP contribution in [0.25, 0.3) is 0 Å². The van der Waals surface area contributed by atoms with E-state index in [1.165, 1.54) is 18.2 Å². The zero-order chi connectivity index (χ0) is 13.7. The summed E-state index contributed by atoms with van der Waals surface area (Å²) in [5.74, 6) is -2.09. The summed E-state index contributed by atoms with van der Waals surface area (Å²) in [4.78, 5) is 22.2. The number of carboxylic acids is 1.